The molecule has 0 radical (unpaired) electrons. The van der Waals surface area contributed by atoms with Crippen LogP contribution in [0.1, 0.15) is 31.2 Å². The molecule has 2 heterocycles. The van der Waals surface area contributed by atoms with Crippen LogP contribution in [-0.4, -0.2) is 9.78 Å². The van der Waals surface area contributed by atoms with Crippen molar-refractivity contribution in [3.05, 3.63) is 42.1 Å². The van der Waals surface area contributed by atoms with Crippen molar-refractivity contribution in [2.45, 2.75) is 33.0 Å². The van der Waals surface area contributed by atoms with E-state index in [-0.39, 0.29) is 6.04 Å². The van der Waals surface area contributed by atoms with E-state index in [2.05, 4.69) is 30.5 Å². The summed E-state index contributed by atoms with van der Waals surface area (Å²) in [5.74, 6) is 0.961. The molecule has 0 amide bonds. The monoisotopic (exact) mass is 219 g/mol. The molecule has 0 aliphatic carbocycles. The van der Waals surface area contributed by atoms with Crippen molar-refractivity contribution in [3.8, 4) is 0 Å². The summed E-state index contributed by atoms with van der Waals surface area (Å²) in [6, 6.07) is 4.11. The second kappa shape index (κ2) is 4.99. The minimum atomic E-state index is 0.222. The number of nitrogens with zero attached hydrogens (tertiary/aromatic N) is 2. The third-order valence-electron chi connectivity index (χ3n) is 2.59. The predicted octanol–water partition coefficient (Wildman–Crippen LogP) is 2.35. The zero-order valence-corrected chi connectivity index (χ0v) is 9.68. The summed E-state index contributed by atoms with van der Waals surface area (Å²) in [6.45, 7) is 5.88. The molecule has 1 atom stereocenters. The minimum Gasteiger partial charge on any atom is -0.468 e. The Morgan fingerprint density at radius 1 is 1.56 bits per heavy atom. The molecule has 2 aromatic rings. The fourth-order valence-electron chi connectivity index (χ4n) is 1.58. The van der Waals surface area contributed by atoms with Crippen LogP contribution in [0.25, 0.3) is 0 Å². The summed E-state index contributed by atoms with van der Waals surface area (Å²) in [7, 11) is 0. The molecule has 86 valence electrons. The van der Waals surface area contributed by atoms with Gasteiger partial charge in [-0.1, -0.05) is 0 Å². The van der Waals surface area contributed by atoms with E-state index >= 15 is 0 Å². The summed E-state index contributed by atoms with van der Waals surface area (Å²) < 4.78 is 7.25. The van der Waals surface area contributed by atoms with Gasteiger partial charge >= 0.3 is 0 Å². The molecule has 2 aromatic heterocycles. The first kappa shape index (κ1) is 11.0. The standard InChI is InChI=1S/C12H17N3O/c1-3-15-9-11(8-14-15)7-13-10(2)12-5-4-6-16-12/h4-6,8-10,13H,3,7H2,1-2H3. The van der Waals surface area contributed by atoms with Crippen molar-refractivity contribution >= 4 is 0 Å². The lowest BCUT2D eigenvalue weighted by Gasteiger charge is -2.09. The maximum absolute atomic E-state index is 5.33. The van der Waals surface area contributed by atoms with E-state index in [4.69, 9.17) is 4.42 Å². The van der Waals surface area contributed by atoms with Crippen LogP contribution in [0.2, 0.25) is 0 Å². The number of hydrogen-bond acceptors (Lipinski definition) is 3. The molecule has 0 spiro atoms. The van der Waals surface area contributed by atoms with Crippen LogP contribution in [0.5, 0.6) is 0 Å². The smallest absolute Gasteiger partial charge is 0.120 e. The van der Waals surface area contributed by atoms with Crippen molar-refractivity contribution in [1.82, 2.24) is 15.1 Å². The Balaban J connectivity index is 1.87. The van der Waals surface area contributed by atoms with Gasteiger partial charge in [-0.2, -0.15) is 5.10 Å². The van der Waals surface area contributed by atoms with Crippen molar-refractivity contribution < 1.29 is 4.42 Å². The Bertz CT molecular complexity index is 419. The molecule has 4 heteroatoms. The highest BCUT2D eigenvalue weighted by atomic mass is 16.3. The lowest BCUT2D eigenvalue weighted by molar-refractivity contribution is 0.430. The summed E-state index contributed by atoms with van der Waals surface area (Å²) in [5.41, 5.74) is 1.19. The third kappa shape index (κ3) is 2.52. The van der Waals surface area contributed by atoms with Gasteiger partial charge < -0.3 is 9.73 Å². The Labute approximate surface area is 95.3 Å². The van der Waals surface area contributed by atoms with E-state index in [0.717, 1.165) is 18.8 Å². The number of rotatable bonds is 5. The van der Waals surface area contributed by atoms with Crippen LogP contribution in [0.4, 0.5) is 0 Å². The summed E-state index contributed by atoms with van der Waals surface area (Å²) in [5, 5.41) is 7.62. The number of furan rings is 1. The average molecular weight is 219 g/mol. The van der Waals surface area contributed by atoms with Gasteiger partial charge in [-0.3, -0.25) is 4.68 Å². The van der Waals surface area contributed by atoms with E-state index in [1.807, 2.05) is 23.0 Å². The quantitative estimate of drug-likeness (QED) is 0.839. The van der Waals surface area contributed by atoms with E-state index < -0.39 is 0 Å². The van der Waals surface area contributed by atoms with E-state index in [0.29, 0.717) is 0 Å². The van der Waals surface area contributed by atoms with Crippen LogP contribution >= 0.6 is 0 Å². The molecular formula is C12H17N3O. The second-order valence-electron chi connectivity index (χ2n) is 3.82. The zero-order valence-electron chi connectivity index (χ0n) is 9.68. The minimum absolute atomic E-state index is 0.222. The fraction of sp³-hybridized carbons (Fsp3) is 0.417. The first-order chi connectivity index (χ1) is 7.79. The number of aryl methyl sites for hydroxylation is 1. The van der Waals surface area contributed by atoms with Gasteiger partial charge in [-0.05, 0) is 26.0 Å². The largest absolute Gasteiger partial charge is 0.468 e. The van der Waals surface area contributed by atoms with Gasteiger partial charge in [0.1, 0.15) is 5.76 Å². The van der Waals surface area contributed by atoms with Gasteiger partial charge in [0.25, 0.3) is 0 Å². The summed E-state index contributed by atoms with van der Waals surface area (Å²) in [6.07, 6.45) is 5.65. The Hall–Kier alpha value is -1.55. The Morgan fingerprint density at radius 3 is 3.06 bits per heavy atom. The summed E-state index contributed by atoms with van der Waals surface area (Å²) >= 11 is 0. The number of nitrogens with one attached hydrogen (secondary N) is 1. The van der Waals surface area contributed by atoms with Gasteiger partial charge in [-0.15, -0.1) is 0 Å². The molecule has 0 aliphatic heterocycles. The van der Waals surface area contributed by atoms with Gasteiger partial charge in [0.15, 0.2) is 0 Å². The second-order valence-corrected chi connectivity index (χ2v) is 3.82. The average Bonchev–Trinajstić information content (AvgIpc) is 2.96. The topological polar surface area (TPSA) is 43.0 Å². The number of aromatic nitrogens is 2. The summed E-state index contributed by atoms with van der Waals surface area (Å²) in [4.78, 5) is 0. The molecule has 0 aliphatic rings. The Kier molecular flexibility index (Phi) is 3.41. The molecule has 0 fully saturated rings. The SMILES string of the molecule is CCn1cc(CNC(C)c2ccco2)cn1. The van der Waals surface area contributed by atoms with Crippen molar-refractivity contribution in [3.63, 3.8) is 0 Å². The molecular weight excluding hydrogens is 202 g/mol. The van der Waals surface area contributed by atoms with Gasteiger partial charge in [0.2, 0.25) is 0 Å². The van der Waals surface area contributed by atoms with Crippen LogP contribution in [-0.2, 0) is 13.1 Å². The van der Waals surface area contributed by atoms with E-state index in [1.165, 1.54) is 5.56 Å². The highest BCUT2D eigenvalue weighted by Crippen LogP contribution is 2.12. The normalized spacial score (nSPS) is 12.9. The van der Waals surface area contributed by atoms with Gasteiger partial charge in [0.05, 0.1) is 18.5 Å². The maximum atomic E-state index is 5.33. The highest BCUT2D eigenvalue weighted by Gasteiger charge is 2.07. The zero-order chi connectivity index (χ0) is 11.4. The lowest BCUT2D eigenvalue weighted by atomic mass is 10.2. The molecule has 16 heavy (non-hydrogen) atoms. The predicted molar refractivity (Wildman–Crippen MR) is 61.9 cm³/mol. The van der Waals surface area contributed by atoms with Gasteiger partial charge in [-0.25, -0.2) is 0 Å². The molecule has 4 nitrogen and oxygen atoms in total. The van der Waals surface area contributed by atoms with Crippen LogP contribution in [0.15, 0.2) is 35.2 Å². The van der Waals surface area contributed by atoms with Crippen LogP contribution in [0, 0.1) is 0 Å². The maximum Gasteiger partial charge on any atom is 0.120 e. The van der Waals surface area contributed by atoms with E-state index in [1.54, 1.807) is 6.26 Å². The van der Waals surface area contributed by atoms with Crippen LogP contribution < -0.4 is 5.32 Å². The third-order valence-corrected chi connectivity index (χ3v) is 2.59. The Morgan fingerprint density at radius 2 is 2.44 bits per heavy atom. The molecule has 0 aromatic carbocycles. The lowest BCUT2D eigenvalue weighted by Crippen LogP contribution is -2.17. The van der Waals surface area contributed by atoms with Crippen molar-refractivity contribution in [2.24, 2.45) is 0 Å². The fourth-order valence-corrected chi connectivity index (χ4v) is 1.58. The molecule has 1 unspecified atom stereocenters. The highest BCUT2D eigenvalue weighted by molar-refractivity contribution is 5.06. The first-order valence-corrected chi connectivity index (χ1v) is 5.57. The van der Waals surface area contributed by atoms with Crippen molar-refractivity contribution in [1.29, 1.82) is 0 Å². The molecule has 0 saturated carbocycles. The van der Waals surface area contributed by atoms with Crippen molar-refractivity contribution in [2.75, 3.05) is 0 Å². The number of hydrogen-bond donors (Lipinski definition) is 1. The van der Waals surface area contributed by atoms with E-state index in [9.17, 15) is 0 Å². The first-order valence-electron chi connectivity index (χ1n) is 5.57. The molecule has 0 saturated heterocycles. The molecule has 2 rings (SSSR count). The van der Waals surface area contributed by atoms with Gasteiger partial charge in [0, 0.05) is 24.8 Å². The molecule has 1 N–H and O–H groups in total. The van der Waals surface area contributed by atoms with Crippen LogP contribution in [0.3, 0.4) is 0 Å². The molecule has 0 bridgehead atoms.